The van der Waals surface area contributed by atoms with Crippen molar-refractivity contribution in [2.45, 2.75) is 19.8 Å². The summed E-state index contributed by atoms with van der Waals surface area (Å²) in [5.74, 6) is 0.725. The normalized spacial score (nSPS) is 21.7. The van der Waals surface area contributed by atoms with Gasteiger partial charge in [-0.15, -0.1) is 0 Å². The van der Waals surface area contributed by atoms with Crippen LogP contribution >= 0.6 is 0 Å². The zero-order valence-electron chi connectivity index (χ0n) is 16.1. The molecular formula is C20H30F2N4O. The largest absolute Gasteiger partial charge is 0.379 e. The molecule has 2 heterocycles. The fraction of sp³-hybridized carbons (Fsp3) is 0.650. The van der Waals surface area contributed by atoms with Crippen LogP contribution in [0.1, 0.15) is 18.9 Å². The Hall–Kier alpha value is -1.73. The van der Waals surface area contributed by atoms with Gasteiger partial charge < -0.3 is 15.0 Å². The van der Waals surface area contributed by atoms with Gasteiger partial charge in [-0.2, -0.15) is 0 Å². The molecule has 0 saturated carbocycles. The van der Waals surface area contributed by atoms with Gasteiger partial charge in [0.05, 0.1) is 13.2 Å². The van der Waals surface area contributed by atoms with Crippen LogP contribution in [-0.4, -0.2) is 74.8 Å². The molecule has 2 fully saturated rings. The number of guanidine groups is 1. The average molecular weight is 380 g/mol. The number of likely N-dealkylation sites (tertiary alicyclic amines) is 1. The summed E-state index contributed by atoms with van der Waals surface area (Å²) in [7, 11) is 0. The van der Waals surface area contributed by atoms with Gasteiger partial charge in [-0.05, 0) is 49.4 Å². The molecule has 1 unspecified atom stereocenters. The maximum atomic E-state index is 13.8. The van der Waals surface area contributed by atoms with Crippen molar-refractivity contribution >= 4 is 5.96 Å². The Kier molecular flexibility index (Phi) is 7.41. The quantitative estimate of drug-likeness (QED) is 0.606. The van der Waals surface area contributed by atoms with Gasteiger partial charge in [-0.1, -0.05) is 0 Å². The monoisotopic (exact) mass is 380 g/mol. The second-order valence-corrected chi connectivity index (χ2v) is 7.24. The van der Waals surface area contributed by atoms with E-state index in [-0.39, 0.29) is 5.82 Å². The number of morpholine rings is 1. The Morgan fingerprint density at radius 2 is 2.07 bits per heavy atom. The molecule has 0 radical (unpaired) electrons. The predicted molar refractivity (Wildman–Crippen MR) is 103 cm³/mol. The third kappa shape index (κ3) is 5.87. The Morgan fingerprint density at radius 1 is 1.26 bits per heavy atom. The zero-order valence-corrected chi connectivity index (χ0v) is 16.1. The van der Waals surface area contributed by atoms with Gasteiger partial charge in [0, 0.05) is 45.8 Å². The van der Waals surface area contributed by atoms with Gasteiger partial charge in [-0.25, -0.2) is 8.78 Å². The van der Waals surface area contributed by atoms with E-state index in [4.69, 9.17) is 4.74 Å². The summed E-state index contributed by atoms with van der Waals surface area (Å²) < 4.78 is 32.5. The minimum atomic E-state index is -0.409. The Morgan fingerprint density at radius 3 is 2.85 bits per heavy atom. The van der Waals surface area contributed by atoms with Crippen molar-refractivity contribution in [2.24, 2.45) is 10.9 Å². The number of hydrogen-bond donors (Lipinski definition) is 1. The van der Waals surface area contributed by atoms with Crippen LogP contribution in [0.4, 0.5) is 8.78 Å². The molecule has 3 rings (SSSR count). The number of nitrogens with zero attached hydrogens (tertiary/aromatic N) is 3. The molecule has 2 aliphatic heterocycles. The van der Waals surface area contributed by atoms with Crippen molar-refractivity contribution in [3.63, 3.8) is 0 Å². The Labute approximate surface area is 160 Å². The van der Waals surface area contributed by atoms with E-state index in [9.17, 15) is 8.78 Å². The molecule has 0 aliphatic carbocycles. The lowest BCUT2D eigenvalue weighted by Gasteiger charge is -2.29. The summed E-state index contributed by atoms with van der Waals surface area (Å²) in [5.41, 5.74) is 0.376. The van der Waals surface area contributed by atoms with E-state index < -0.39 is 5.82 Å². The number of benzene rings is 1. The van der Waals surface area contributed by atoms with Crippen molar-refractivity contribution in [1.82, 2.24) is 15.1 Å². The molecule has 5 nitrogen and oxygen atoms in total. The number of ether oxygens (including phenoxy) is 1. The van der Waals surface area contributed by atoms with Crippen LogP contribution in [0.15, 0.2) is 23.2 Å². The zero-order chi connectivity index (χ0) is 19.1. The van der Waals surface area contributed by atoms with Crippen LogP contribution in [0.3, 0.4) is 0 Å². The molecule has 1 aromatic carbocycles. The van der Waals surface area contributed by atoms with Crippen LogP contribution in [0.2, 0.25) is 0 Å². The first-order valence-electron chi connectivity index (χ1n) is 9.93. The SMILES string of the molecule is CCNC(=NCCc1cc(F)ccc1F)N1CCC(CN2CCOCC2)C1. The molecule has 0 amide bonds. The Bertz CT molecular complexity index is 634. The van der Waals surface area contributed by atoms with Gasteiger partial charge in [0.1, 0.15) is 11.6 Å². The number of nitrogens with one attached hydrogen (secondary N) is 1. The molecule has 150 valence electrons. The first-order chi connectivity index (χ1) is 13.2. The smallest absolute Gasteiger partial charge is 0.193 e. The van der Waals surface area contributed by atoms with Crippen LogP contribution in [0.25, 0.3) is 0 Å². The minimum Gasteiger partial charge on any atom is -0.379 e. The van der Waals surface area contributed by atoms with E-state index in [0.29, 0.717) is 24.4 Å². The molecule has 7 heteroatoms. The molecule has 0 bridgehead atoms. The van der Waals surface area contributed by atoms with E-state index in [1.54, 1.807) is 0 Å². The van der Waals surface area contributed by atoms with Gasteiger partial charge in [0.2, 0.25) is 0 Å². The standard InChI is InChI=1S/C20H30F2N4O/c1-2-23-20(24-7-5-17-13-18(21)3-4-19(17)22)26-8-6-16(15-26)14-25-9-11-27-12-10-25/h3-4,13,16H,2,5-12,14-15H2,1H3,(H,23,24). The summed E-state index contributed by atoms with van der Waals surface area (Å²) in [6, 6.07) is 3.58. The lowest BCUT2D eigenvalue weighted by molar-refractivity contribution is 0.0315. The van der Waals surface area contributed by atoms with Gasteiger partial charge in [-0.3, -0.25) is 9.89 Å². The maximum Gasteiger partial charge on any atom is 0.193 e. The van der Waals surface area contributed by atoms with Gasteiger partial charge >= 0.3 is 0 Å². The third-order valence-electron chi connectivity index (χ3n) is 5.19. The lowest BCUT2D eigenvalue weighted by Crippen LogP contribution is -2.42. The summed E-state index contributed by atoms with van der Waals surface area (Å²) in [6.07, 6.45) is 1.55. The first kappa shape index (κ1) is 20.0. The highest BCUT2D eigenvalue weighted by Crippen LogP contribution is 2.18. The first-order valence-corrected chi connectivity index (χ1v) is 9.93. The van der Waals surface area contributed by atoms with Crippen LogP contribution < -0.4 is 5.32 Å². The summed E-state index contributed by atoms with van der Waals surface area (Å²) in [6.45, 7) is 10.0. The maximum absolute atomic E-state index is 13.8. The lowest BCUT2D eigenvalue weighted by atomic mass is 10.1. The van der Waals surface area contributed by atoms with E-state index in [1.807, 2.05) is 6.92 Å². The Balaban J connectivity index is 1.53. The third-order valence-corrected chi connectivity index (χ3v) is 5.19. The molecule has 0 aromatic heterocycles. The van der Waals surface area contributed by atoms with Crippen LogP contribution in [-0.2, 0) is 11.2 Å². The number of aliphatic imine (C=N–C) groups is 1. The second kappa shape index (κ2) is 9.99. The fourth-order valence-electron chi connectivity index (χ4n) is 3.77. The van der Waals surface area contributed by atoms with E-state index >= 15 is 0 Å². The van der Waals surface area contributed by atoms with Crippen molar-refractivity contribution in [3.05, 3.63) is 35.4 Å². The van der Waals surface area contributed by atoms with E-state index in [1.165, 1.54) is 12.1 Å². The highest BCUT2D eigenvalue weighted by molar-refractivity contribution is 5.80. The summed E-state index contributed by atoms with van der Waals surface area (Å²) in [5, 5.41) is 3.34. The second-order valence-electron chi connectivity index (χ2n) is 7.24. The van der Waals surface area contributed by atoms with Crippen molar-refractivity contribution in [2.75, 3.05) is 59.0 Å². The highest BCUT2D eigenvalue weighted by Gasteiger charge is 2.27. The average Bonchev–Trinajstić information content (AvgIpc) is 3.13. The summed E-state index contributed by atoms with van der Waals surface area (Å²) >= 11 is 0. The molecule has 1 aromatic rings. The number of halogens is 2. The number of hydrogen-bond acceptors (Lipinski definition) is 3. The highest BCUT2D eigenvalue weighted by atomic mass is 19.1. The predicted octanol–water partition coefficient (Wildman–Crippen LogP) is 2.13. The van der Waals surface area contributed by atoms with Gasteiger partial charge in [0.15, 0.2) is 5.96 Å². The molecule has 0 spiro atoms. The molecular weight excluding hydrogens is 350 g/mol. The fourth-order valence-corrected chi connectivity index (χ4v) is 3.77. The topological polar surface area (TPSA) is 40.1 Å². The van der Waals surface area contributed by atoms with Crippen LogP contribution in [0, 0.1) is 17.6 Å². The van der Waals surface area contributed by atoms with E-state index in [2.05, 4.69) is 20.1 Å². The molecule has 1 atom stereocenters. The van der Waals surface area contributed by atoms with E-state index in [0.717, 1.165) is 70.9 Å². The van der Waals surface area contributed by atoms with Crippen molar-refractivity contribution < 1.29 is 13.5 Å². The van der Waals surface area contributed by atoms with Gasteiger partial charge in [0.25, 0.3) is 0 Å². The molecule has 1 N–H and O–H groups in total. The van der Waals surface area contributed by atoms with Crippen molar-refractivity contribution in [1.29, 1.82) is 0 Å². The van der Waals surface area contributed by atoms with Crippen molar-refractivity contribution in [3.8, 4) is 0 Å². The molecule has 2 saturated heterocycles. The molecule has 2 aliphatic rings. The summed E-state index contributed by atoms with van der Waals surface area (Å²) in [4.78, 5) is 9.42. The number of rotatable bonds is 6. The molecule has 27 heavy (non-hydrogen) atoms. The minimum absolute atomic E-state index is 0.372. The van der Waals surface area contributed by atoms with Crippen LogP contribution in [0.5, 0.6) is 0 Å².